The number of aryl methyl sites for hydroxylation is 1. The molecule has 2 heterocycles. The highest BCUT2D eigenvalue weighted by Crippen LogP contribution is 2.31. The zero-order valence-corrected chi connectivity index (χ0v) is 14.6. The molecule has 1 saturated heterocycles. The van der Waals surface area contributed by atoms with E-state index in [1.165, 1.54) is 6.33 Å². The summed E-state index contributed by atoms with van der Waals surface area (Å²) in [7, 11) is 0. The van der Waals surface area contributed by atoms with Crippen LogP contribution in [0.15, 0.2) is 30.6 Å². The maximum atomic E-state index is 11.6. The molecule has 0 unspecified atom stereocenters. The van der Waals surface area contributed by atoms with Gasteiger partial charge in [-0.3, -0.25) is 15.0 Å². The normalized spacial score (nSPS) is 14.8. The molecule has 0 spiro atoms. The summed E-state index contributed by atoms with van der Waals surface area (Å²) < 4.78 is 5.32. The molecule has 1 fully saturated rings. The SMILES string of the molecule is Cc1cccc(Nc2ncnc(NCCN3CCOCC3)c2[N+](=O)[O-])c1. The summed E-state index contributed by atoms with van der Waals surface area (Å²) in [6.45, 7) is 6.46. The van der Waals surface area contributed by atoms with E-state index >= 15 is 0 Å². The van der Waals surface area contributed by atoms with E-state index < -0.39 is 4.92 Å². The number of aromatic nitrogens is 2. The highest BCUT2D eigenvalue weighted by atomic mass is 16.6. The van der Waals surface area contributed by atoms with Gasteiger partial charge in [-0.2, -0.15) is 0 Å². The molecule has 0 bridgehead atoms. The van der Waals surface area contributed by atoms with E-state index in [0.29, 0.717) is 6.54 Å². The largest absolute Gasteiger partial charge is 0.379 e. The molecule has 0 atom stereocenters. The van der Waals surface area contributed by atoms with E-state index in [0.717, 1.165) is 44.1 Å². The first-order valence-electron chi connectivity index (χ1n) is 8.50. The number of nitrogens with zero attached hydrogens (tertiary/aromatic N) is 4. The van der Waals surface area contributed by atoms with E-state index in [9.17, 15) is 10.1 Å². The number of hydrogen-bond donors (Lipinski definition) is 2. The van der Waals surface area contributed by atoms with Crippen LogP contribution < -0.4 is 10.6 Å². The van der Waals surface area contributed by atoms with Gasteiger partial charge in [0.25, 0.3) is 0 Å². The number of nitrogens with one attached hydrogen (secondary N) is 2. The molecule has 1 aliphatic rings. The van der Waals surface area contributed by atoms with Crippen molar-refractivity contribution in [3.63, 3.8) is 0 Å². The second-order valence-electron chi connectivity index (χ2n) is 6.05. The van der Waals surface area contributed by atoms with Crippen LogP contribution in [0.5, 0.6) is 0 Å². The minimum absolute atomic E-state index is 0.156. The highest BCUT2D eigenvalue weighted by Gasteiger charge is 2.23. The van der Waals surface area contributed by atoms with Gasteiger partial charge in [0.1, 0.15) is 6.33 Å². The molecule has 3 rings (SSSR count). The summed E-state index contributed by atoms with van der Waals surface area (Å²) in [4.78, 5) is 21.5. The molecule has 9 heteroatoms. The average Bonchev–Trinajstić information content (AvgIpc) is 2.62. The lowest BCUT2D eigenvalue weighted by molar-refractivity contribution is -0.383. The van der Waals surface area contributed by atoms with Gasteiger partial charge in [0.15, 0.2) is 0 Å². The van der Waals surface area contributed by atoms with Crippen molar-refractivity contribution in [1.82, 2.24) is 14.9 Å². The topological polar surface area (TPSA) is 105 Å². The zero-order valence-electron chi connectivity index (χ0n) is 14.6. The minimum atomic E-state index is -0.463. The summed E-state index contributed by atoms with van der Waals surface area (Å²) in [6, 6.07) is 7.58. The zero-order chi connectivity index (χ0) is 18.4. The van der Waals surface area contributed by atoms with Crippen LogP contribution in [0.3, 0.4) is 0 Å². The lowest BCUT2D eigenvalue weighted by Gasteiger charge is -2.26. The summed E-state index contributed by atoms with van der Waals surface area (Å²) in [5.41, 5.74) is 1.64. The smallest absolute Gasteiger partial charge is 0.353 e. The van der Waals surface area contributed by atoms with Crippen LogP contribution in [0.2, 0.25) is 0 Å². The van der Waals surface area contributed by atoms with Gasteiger partial charge in [0.05, 0.1) is 18.1 Å². The number of nitro groups is 1. The molecule has 0 aliphatic carbocycles. The van der Waals surface area contributed by atoms with Gasteiger partial charge >= 0.3 is 5.69 Å². The quantitative estimate of drug-likeness (QED) is 0.573. The Hall–Kier alpha value is -2.78. The van der Waals surface area contributed by atoms with Crippen molar-refractivity contribution in [2.24, 2.45) is 0 Å². The number of hydrogen-bond acceptors (Lipinski definition) is 8. The van der Waals surface area contributed by atoms with Crippen LogP contribution in [0.25, 0.3) is 0 Å². The summed E-state index contributed by atoms with van der Waals surface area (Å²) in [6.07, 6.45) is 1.32. The average molecular weight is 358 g/mol. The molecule has 1 aromatic heterocycles. The fourth-order valence-corrected chi connectivity index (χ4v) is 2.79. The Morgan fingerprint density at radius 1 is 1.27 bits per heavy atom. The van der Waals surface area contributed by atoms with Gasteiger partial charge < -0.3 is 15.4 Å². The van der Waals surface area contributed by atoms with Gasteiger partial charge in [0.2, 0.25) is 11.6 Å². The van der Waals surface area contributed by atoms with E-state index in [-0.39, 0.29) is 17.3 Å². The van der Waals surface area contributed by atoms with Gasteiger partial charge in [-0.25, -0.2) is 9.97 Å². The van der Waals surface area contributed by atoms with Crippen molar-refractivity contribution >= 4 is 23.0 Å². The van der Waals surface area contributed by atoms with Crippen molar-refractivity contribution in [3.8, 4) is 0 Å². The van der Waals surface area contributed by atoms with Crippen LogP contribution in [0, 0.1) is 17.0 Å². The number of rotatable bonds is 7. The van der Waals surface area contributed by atoms with Crippen LogP contribution in [-0.4, -0.2) is 59.2 Å². The Bertz CT molecular complexity index is 764. The van der Waals surface area contributed by atoms with Crippen LogP contribution in [0.1, 0.15) is 5.56 Å². The predicted molar refractivity (Wildman–Crippen MR) is 98.9 cm³/mol. The lowest BCUT2D eigenvalue weighted by Crippen LogP contribution is -2.39. The van der Waals surface area contributed by atoms with Gasteiger partial charge in [-0.05, 0) is 24.6 Å². The second kappa shape index (κ2) is 8.54. The van der Waals surface area contributed by atoms with Crippen LogP contribution in [0.4, 0.5) is 23.0 Å². The second-order valence-corrected chi connectivity index (χ2v) is 6.05. The molecule has 0 amide bonds. The number of benzene rings is 1. The minimum Gasteiger partial charge on any atom is -0.379 e. The van der Waals surface area contributed by atoms with E-state index in [2.05, 4.69) is 25.5 Å². The maximum Gasteiger partial charge on any atom is 0.353 e. The molecule has 138 valence electrons. The molecule has 1 aromatic carbocycles. The fourth-order valence-electron chi connectivity index (χ4n) is 2.79. The van der Waals surface area contributed by atoms with Crippen molar-refractivity contribution in [3.05, 3.63) is 46.3 Å². The van der Waals surface area contributed by atoms with Gasteiger partial charge in [-0.1, -0.05) is 12.1 Å². The first-order chi connectivity index (χ1) is 12.6. The third-order valence-corrected chi connectivity index (χ3v) is 4.11. The Morgan fingerprint density at radius 2 is 2.04 bits per heavy atom. The maximum absolute atomic E-state index is 11.6. The molecule has 9 nitrogen and oxygen atoms in total. The van der Waals surface area contributed by atoms with Gasteiger partial charge in [0, 0.05) is 31.9 Å². The van der Waals surface area contributed by atoms with Crippen molar-refractivity contribution in [2.45, 2.75) is 6.92 Å². The van der Waals surface area contributed by atoms with Gasteiger partial charge in [-0.15, -0.1) is 0 Å². The third kappa shape index (κ3) is 4.64. The Morgan fingerprint density at radius 3 is 2.77 bits per heavy atom. The summed E-state index contributed by atoms with van der Waals surface area (Å²) in [5.74, 6) is 0.387. The third-order valence-electron chi connectivity index (χ3n) is 4.11. The fraction of sp³-hybridized carbons (Fsp3) is 0.412. The van der Waals surface area contributed by atoms with Crippen LogP contribution in [-0.2, 0) is 4.74 Å². The molecule has 2 N–H and O–H groups in total. The first-order valence-corrected chi connectivity index (χ1v) is 8.50. The molecular formula is C17H22N6O3. The highest BCUT2D eigenvalue weighted by molar-refractivity contribution is 5.73. The summed E-state index contributed by atoms with van der Waals surface area (Å²) >= 11 is 0. The molecule has 26 heavy (non-hydrogen) atoms. The van der Waals surface area contributed by atoms with E-state index in [1.54, 1.807) is 0 Å². The van der Waals surface area contributed by atoms with Crippen molar-refractivity contribution < 1.29 is 9.66 Å². The van der Waals surface area contributed by atoms with Crippen molar-refractivity contribution in [1.29, 1.82) is 0 Å². The number of morpholine rings is 1. The predicted octanol–water partition coefficient (Wildman–Crippen LogP) is 2.18. The van der Waals surface area contributed by atoms with E-state index in [4.69, 9.17) is 4.74 Å². The first kappa shape index (κ1) is 18.0. The molecular weight excluding hydrogens is 336 g/mol. The molecule has 0 saturated carbocycles. The van der Waals surface area contributed by atoms with Crippen LogP contribution >= 0.6 is 0 Å². The molecule has 2 aromatic rings. The van der Waals surface area contributed by atoms with E-state index in [1.807, 2.05) is 31.2 Å². The number of anilines is 3. The lowest BCUT2D eigenvalue weighted by atomic mass is 10.2. The number of ether oxygens (including phenoxy) is 1. The Kier molecular flexibility index (Phi) is 5.92. The summed E-state index contributed by atoms with van der Waals surface area (Å²) in [5, 5.41) is 17.7. The Balaban J connectivity index is 1.72. The molecule has 1 aliphatic heterocycles. The standard InChI is InChI=1S/C17H22N6O3/c1-13-3-2-4-14(11-13)21-17-15(23(24)25)16(19-12-20-17)18-5-6-22-7-9-26-10-8-22/h2-4,11-12H,5-10H2,1H3,(H2,18,19,20,21). The molecule has 0 radical (unpaired) electrons. The monoisotopic (exact) mass is 358 g/mol. The Labute approximate surface area is 151 Å². The van der Waals surface area contributed by atoms with Crippen molar-refractivity contribution in [2.75, 3.05) is 50.0 Å².